The molecule has 0 amide bonds. The van der Waals surface area contributed by atoms with Gasteiger partial charge in [-0.05, 0) is 12.1 Å². The van der Waals surface area contributed by atoms with E-state index in [0.29, 0.717) is 5.56 Å². The van der Waals surface area contributed by atoms with Crippen LogP contribution in [0.2, 0.25) is 0 Å². The van der Waals surface area contributed by atoms with E-state index in [1.807, 2.05) is 12.1 Å². The molecule has 0 aliphatic heterocycles. The van der Waals surface area contributed by atoms with Crippen molar-refractivity contribution in [3.63, 3.8) is 0 Å². The van der Waals surface area contributed by atoms with Crippen molar-refractivity contribution in [1.82, 2.24) is 0 Å². The third kappa shape index (κ3) is 2.31. The highest BCUT2D eigenvalue weighted by Gasteiger charge is 1.86. The summed E-state index contributed by atoms with van der Waals surface area (Å²) < 4.78 is 0.994. The maximum Gasteiger partial charge on any atom is 0.150 e. The molecule has 1 aromatic carbocycles. The zero-order valence-electron chi connectivity index (χ0n) is 4.67. The van der Waals surface area contributed by atoms with Gasteiger partial charge in [-0.3, -0.25) is 4.79 Å². The van der Waals surface area contributed by atoms with Gasteiger partial charge in [0.1, 0.15) is 6.29 Å². The molecule has 0 spiro atoms. The maximum absolute atomic E-state index is 10.1. The molecule has 0 atom stereocenters. The van der Waals surface area contributed by atoms with E-state index in [2.05, 4.69) is 15.9 Å². The fourth-order valence-corrected chi connectivity index (χ4v) is 0.806. The third-order valence-corrected chi connectivity index (χ3v) is 1.53. The summed E-state index contributed by atoms with van der Waals surface area (Å²) in [4.78, 5) is 10.1. The molecular weight excluding hydrogens is 192 g/mol. The first kappa shape index (κ1) is 9.37. The first-order valence-electron chi connectivity index (χ1n) is 2.53. The van der Waals surface area contributed by atoms with Crippen molar-refractivity contribution >= 4 is 22.2 Å². The van der Waals surface area contributed by atoms with E-state index >= 15 is 0 Å². The molecule has 0 N–H and O–H groups in total. The fraction of sp³-hybridized carbons (Fsp3) is 0.125. The van der Waals surface area contributed by atoms with Gasteiger partial charge in [-0.1, -0.05) is 35.5 Å². The molecule has 1 rings (SSSR count). The van der Waals surface area contributed by atoms with E-state index in [-0.39, 0.29) is 7.43 Å². The Kier molecular flexibility index (Phi) is 3.96. The van der Waals surface area contributed by atoms with Crippen LogP contribution in [-0.4, -0.2) is 6.29 Å². The molecule has 0 aliphatic carbocycles. The Hall–Kier alpha value is -0.630. The second-order valence-electron chi connectivity index (χ2n) is 1.67. The van der Waals surface area contributed by atoms with Gasteiger partial charge >= 0.3 is 0 Å². The molecule has 1 nitrogen and oxygen atoms in total. The minimum Gasteiger partial charge on any atom is -0.298 e. The second kappa shape index (κ2) is 4.23. The summed E-state index contributed by atoms with van der Waals surface area (Å²) in [5.41, 5.74) is 0.707. The Labute approximate surface area is 69.2 Å². The van der Waals surface area contributed by atoms with Crippen molar-refractivity contribution in [1.29, 1.82) is 0 Å². The lowest BCUT2D eigenvalue weighted by Gasteiger charge is -1.87. The normalized spacial score (nSPS) is 8.10. The average Bonchev–Trinajstić information content (AvgIpc) is 1.90. The van der Waals surface area contributed by atoms with Crippen LogP contribution in [0.25, 0.3) is 0 Å². The number of benzene rings is 1. The van der Waals surface area contributed by atoms with E-state index in [1.54, 1.807) is 12.1 Å². The average molecular weight is 201 g/mol. The number of aldehydes is 1. The number of rotatable bonds is 1. The van der Waals surface area contributed by atoms with Crippen LogP contribution in [0.5, 0.6) is 0 Å². The predicted molar refractivity (Wildman–Crippen MR) is 46.3 cm³/mol. The Balaban J connectivity index is 0.000000810. The van der Waals surface area contributed by atoms with E-state index in [9.17, 15) is 4.79 Å². The smallest absolute Gasteiger partial charge is 0.150 e. The molecule has 2 heteroatoms. The SMILES string of the molecule is C.O=Cc1ccc(Br)cc1. The lowest BCUT2D eigenvalue weighted by atomic mass is 10.2. The van der Waals surface area contributed by atoms with Gasteiger partial charge in [0.2, 0.25) is 0 Å². The van der Waals surface area contributed by atoms with Crippen LogP contribution < -0.4 is 0 Å². The largest absolute Gasteiger partial charge is 0.298 e. The first-order chi connectivity index (χ1) is 4.33. The van der Waals surface area contributed by atoms with E-state index in [0.717, 1.165) is 10.8 Å². The van der Waals surface area contributed by atoms with Gasteiger partial charge in [0.05, 0.1) is 0 Å². The van der Waals surface area contributed by atoms with Crippen molar-refractivity contribution in [2.75, 3.05) is 0 Å². The van der Waals surface area contributed by atoms with Gasteiger partial charge < -0.3 is 0 Å². The zero-order valence-corrected chi connectivity index (χ0v) is 6.26. The lowest BCUT2D eigenvalue weighted by molar-refractivity contribution is 0.112. The molecule has 0 saturated carbocycles. The molecule has 0 aliphatic rings. The van der Waals surface area contributed by atoms with Crippen LogP contribution in [0, 0.1) is 0 Å². The Morgan fingerprint density at radius 2 is 1.70 bits per heavy atom. The van der Waals surface area contributed by atoms with Crippen molar-refractivity contribution in [3.05, 3.63) is 34.3 Å². The van der Waals surface area contributed by atoms with Crippen LogP contribution in [0.1, 0.15) is 17.8 Å². The molecule has 0 unspecified atom stereocenters. The molecule has 0 radical (unpaired) electrons. The van der Waals surface area contributed by atoms with Gasteiger partial charge in [0.25, 0.3) is 0 Å². The second-order valence-corrected chi connectivity index (χ2v) is 2.59. The van der Waals surface area contributed by atoms with E-state index in [1.165, 1.54) is 0 Å². The molecule has 0 saturated heterocycles. The topological polar surface area (TPSA) is 17.1 Å². The molecule has 0 heterocycles. The molecule has 10 heavy (non-hydrogen) atoms. The number of hydrogen-bond donors (Lipinski definition) is 0. The number of carbonyl (C=O) groups is 1. The quantitative estimate of drug-likeness (QED) is 0.638. The lowest BCUT2D eigenvalue weighted by Crippen LogP contribution is -1.75. The van der Waals surface area contributed by atoms with Crippen molar-refractivity contribution in [2.24, 2.45) is 0 Å². The van der Waals surface area contributed by atoms with Crippen LogP contribution in [0.4, 0.5) is 0 Å². The van der Waals surface area contributed by atoms with Crippen molar-refractivity contribution < 1.29 is 4.79 Å². The maximum atomic E-state index is 10.1. The van der Waals surface area contributed by atoms with E-state index < -0.39 is 0 Å². The van der Waals surface area contributed by atoms with Crippen molar-refractivity contribution in [2.45, 2.75) is 7.43 Å². The Morgan fingerprint density at radius 3 is 2.10 bits per heavy atom. The summed E-state index contributed by atoms with van der Waals surface area (Å²) in [5, 5.41) is 0. The summed E-state index contributed by atoms with van der Waals surface area (Å²) in [6.45, 7) is 0. The summed E-state index contributed by atoms with van der Waals surface area (Å²) in [5.74, 6) is 0. The minimum atomic E-state index is 0. The highest BCUT2D eigenvalue weighted by Crippen LogP contribution is 2.08. The first-order valence-corrected chi connectivity index (χ1v) is 3.33. The number of halogens is 1. The molecule has 0 fully saturated rings. The fourth-order valence-electron chi connectivity index (χ4n) is 0.541. The van der Waals surface area contributed by atoms with Gasteiger partial charge in [-0.15, -0.1) is 0 Å². The van der Waals surface area contributed by atoms with Crippen molar-refractivity contribution in [3.8, 4) is 0 Å². The Bertz CT molecular complexity index is 203. The van der Waals surface area contributed by atoms with Gasteiger partial charge in [0.15, 0.2) is 0 Å². The van der Waals surface area contributed by atoms with Gasteiger partial charge in [-0.2, -0.15) is 0 Å². The highest BCUT2D eigenvalue weighted by atomic mass is 79.9. The predicted octanol–water partition coefficient (Wildman–Crippen LogP) is 2.90. The molecule has 0 bridgehead atoms. The Morgan fingerprint density at radius 1 is 1.20 bits per heavy atom. The minimum absolute atomic E-state index is 0. The summed E-state index contributed by atoms with van der Waals surface area (Å²) >= 11 is 3.26. The number of carbonyl (C=O) groups excluding carboxylic acids is 1. The standard InChI is InChI=1S/C7H5BrO.CH4/c8-7-3-1-6(5-9)2-4-7;/h1-5H;1H4. The van der Waals surface area contributed by atoms with Crippen LogP contribution >= 0.6 is 15.9 Å². The van der Waals surface area contributed by atoms with Crippen LogP contribution in [-0.2, 0) is 0 Å². The number of hydrogen-bond acceptors (Lipinski definition) is 1. The summed E-state index contributed by atoms with van der Waals surface area (Å²) in [7, 11) is 0. The summed E-state index contributed by atoms with van der Waals surface area (Å²) in [6.07, 6.45) is 0.826. The van der Waals surface area contributed by atoms with Gasteiger partial charge in [-0.25, -0.2) is 0 Å². The molecular formula is C8H9BrO. The van der Waals surface area contributed by atoms with E-state index in [4.69, 9.17) is 0 Å². The highest BCUT2D eigenvalue weighted by molar-refractivity contribution is 9.10. The molecule has 1 aromatic rings. The van der Waals surface area contributed by atoms with Crippen LogP contribution in [0.15, 0.2) is 28.7 Å². The van der Waals surface area contributed by atoms with Gasteiger partial charge in [0, 0.05) is 10.0 Å². The zero-order chi connectivity index (χ0) is 6.69. The monoisotopic (exact) mass is 200 g/mol. The van der Waals surface area contributed by atoms with Crippen LogP contribution in [0.3, 0.4) is 0 Å². The molecule has 0 aromatic heterocycles. The third-order valence-electron chi connectivity index (χ3n) is 1.01. The summed E-state index contributed by atoms with van der Waals surface area (Å²) in [6, 6.07) is 7.20. The molecule has 54 valence electrons.